The van der Waals surface area contributed by atoms with E-state index in [0.29, 0.717) is 10.7 Å². The van der Waals surface area contributed by atoms with Crippen molar-refractivity contribution in [2.45, 2.75) is 0 Å². The molecule has 0 aliphatic rings. The third-order valence-electron chi connectivity index (χ3n) is 1.73. The van der Waals surface area contributed by atoms with Crippen LogP contribution < -0.4 is 10.5 Å². The molecule has 0 spiro atoms. The van der Waals surface area contributed by atoms with Gasteiger partial charge in [-0.2, -0.15) is 12.7 Å². The first-order valence-corrected chi connectivity index (χ1v) is 5.90. The van der Waals surface area contributed by atoms with Crippen LogP contribution in [0.2, 0.25) is 5.02 Å². The summed E-state index contributed by atoms with van der Waals surface area (Å²) in [5.41, 5.74) is 6.20. The van der Waals surface area contributed by atoms with Crippen LogP contribution in [0, 0.1) is 0 Å². The van der Waals surface area contributed by atoms with Gasteiger partial charge in [0.05, 0.1) is 11.4 Å². The fourth-order valence-electron chi connectivity index (χ4n) is 0.857. The molecule has 1 aromatic rings. The van der Waals surface area contributed by atoms with E-state index in [1.807, 2.05) is 0 Å². The van der Waals surface area contributed by atoms with Crippen LogP contribution in [0.5, 0.6) is 0 Å². The smallest absolute Gasteiger partial charge is 0.301 e. The first-order chi connectivity index (χ1) is 6.83. The molecule has 0 aromatic heterocycles. The normalized spacial score (nSPS) is 11.7. The van der Waals surface area contributed by atoms with Crippen LogP contribution in [-0.2, 0) is 10.2 Å². The standard InChI is InChI=1S/C8H12ClN3O2S/c1-12(2)15(13,14)11-8-4-3-6(9)5-7(8)10/h3-5,11H,10H2,1-2H3. The minimum Gasteiger partial charge on any atom is -0.397 e. The molecule has 5 nitrogen and oxygen atoms in total. The fraction of sp³-hybridized carbons (Fsp3) is 0.250. The summed E-state index contributed by atoms with van der Waals surface area (Å²) in [5, 5.41) is 0.459. The van der Waals surface area contributed by atoms with E-state index < -0.39 is 10.2 Å². The quantitative estimate of drug-likeness (QED) is 0.789. The first kappa shape index (κ1) is 12.1. The Labute approximate surface area is 94.0 Å². The lowest BCUT2D eigenvalue weighted by Gasteiger charge is -2.14. The van der Waals surface area contributed by atoms with Crippen molar-refractivity contribution in [3.8, 4) is 0 Å². The van der Waals surface area contributed by atoms with E-state index in [0.717, 1.165) is 4.31 Å². The zero-order valence-electron chi connectivity index (χ0n) is 8.36. The number of anilines is 2. The van der Waals surface area contributed by atoms with Crippen LogP contribution in [0.3, 0.4) is 0 Å². The van der Waals surface area contributed by atoms with Gasteiger partial charge in [0, 0.05) is 19.1 Å². The molecular weight excluding hydrogens is 238 g/mol. The van der Waals surface area contributed by atoms with Gasteiger partial charge >= 0.3 is 10.2 Å². The maximum Gasteiger partial charge on any atom is 0.301 e. The van der Waals surface area contributed by atoms with Gasteiger partial charge in [-0.15, -0.1) is 0 Å². The summed E-state index contributed by atoms with van der Waals surface area (Å²) in [4.78, 5) is 0. The van der Waals surface area contributed by atoms with Crippen molar-refractivity contribution in [1.82, 2.24) is 4.31 Å². The Morgan fingerprint density at radius 3 is 2.47 bits per heavy atom. The third kappa shape index (κ3) is 2.98. The SMILES string of the molecule is CN(C)S(=O)(=O)Nc1ccc(Cl)cc1N. The highest BCUT2D eigenvalue weighted by molar-refractivity contribution is 7.90. The maximum atomic E-state index is 11.5. The van der Waals surface area contributed by atoms with Crippen molar-refractivity contribution in [3.05, 3.63) is 23.2 Å². The summed E-state index contributed by atoms with van der Waals surface area (Å²) in [6.07, 6.45) is 0. The van der Waals surface area contributed by atoms with E-state index >= 15 is 0 Å². The summed E-state index contributed by atoms with van der Waals surface area (Å²) in [5.74, 6) is 0. The highest BCUT2D eigenvalue weighted by Gasteiger charge is 2.14. The van der Waals surface area contributed by atoms with Crippen molar-refractivity contribution >= 4 is 33.2 Å². The van der Waals surface area contributed by atoms with Gasteiger partial charge in [-0.3, -0.25) is 4.72 Å². The second-order valence-electron chi connectivity index (χ2n) is 3.12. The van der Waals surface area contributed by atoms with E-state index in [2.05, 4.69) is 4.72 Å². The maximum absolute atomic E-state index is 11.5. The van der Waals surface area contributed by atoms with Crippen LogP contribution in [-0.4, -0.2) is 26.8 Å². The Balaban J connectivity index is 3.01. The average molecular weight is 250 g/mol. The minimum absolute atomic E-state index is 0.285. The minimum atomic E-state index is -3.53. The summed E-state index contributed by atoms with van der Waals surface area (Å²) in [6, 6.07) is 4.55. The molecule has 3 N–H and O–H groups in total. The number of rotatable bonds is 3. The zero-order chi connectivity index (χ0) is 11.6. The van der Waals surface area contributed by atoms with Crippen LogP contribution in [0.4, 0.5) is 11.4 Å². The van der Waals surface area contributed by atoms with Gasteiger partial charge < -0.3 is 5.73 Å². The topological polar surface area (TPSA) is 75.4 Å². The fourth-order valence-corrected chi connectivity index (χ4v) is 1.68. The second kappa shape index (κ2) is 4.26. The number of nitrogens with one attached hydrogen (secondary N) is 1. The molecule has 0 aliphatic carbocycles. The van der Waals surface area contributed by atoms with E-state index in [1.54, 1.807) is 6.07 Å². The second-order valence-corrected chi connectivity index (χ2v) is 5.44. The van der Waals surface area contributed by atoms with Crippen molar-refractivity contribution in [1.29, 1.82) is 0 Å². The molecule has 1 aromatic carbocycles. The van der Waals surface area contributed by atoms with Crippen molar-refractivity contribution < 1.29 is 8.42 Å². The molecule has 0 bridgehead atoms. The van der Waals surface area contributed by atoms with E-state index in [4.69, 9.17) is 17.3 Å². The molecular formula is C8H12ClN3O2S. The number of nitrogen functional groups attached to an aromatic ring is 1. The number of hydrogen-bond acceptors (Lipinski definition) is 3. The molecule has 0 fully saturated rings. The molecule has 0 saturated carbocycles. The predicted molar refractivity (Wildman–Crippen MR) is 62.1 cm³/mol. The molecule has 0 radical (unpaired) electrons. The Morgan fingerprint density at radius 2 is 2.00 bits per heavy atom. The molecule has 1 rings (SSSR count). The lowest BCUT2D eigenvalue weighted by molar-refractivity contribution is 0.527. The largest absolute Gasteiger partial charge is 0.397 e. The Bertz CT molecular complexity index is 459. The van der Waals surface area contributed by atoms with E-state index in [1.165, 1.54) is 26.2 Å². The monoisotopic (exact) mass is 249 g/mol. The summed E-state index contributed by atoms with van der Waals surface area (Å²) in [7, 11) is -0.676. The average Bonchev–Trinajstić information content (AvgIpc) is 2.09. The van der Waals surface area contributed by atoms with Gasteiger partial charge in [-0.1, -0.05) is 11.6 Å². The number of hydrogen-bond donors (Lipinski definition) is 2. The number of nitrogens with two attached hydrogens (primary N) is 1. The third-order valence-corrected chi connectivity index (χ3v) is 3.41. The summed E-state index contributed by atoms with van der Waals surface area (Å²) < 4.78 is 26.3. The van der Waals surface area contributed by atoms with Crippen molar-refractivity contribution in [2.24, 2.45) is 0 Å². The molecule has 15 heavy (non-hydrogen) atoms. The van der Waals surface area contributed by atoms with Crippen LogP contribution >= 0.6 is 11.6 Å². The molecule has 0 heterocycles. The van der Waals surface area contributed by atoms with Gasteiger partial charge in [-0.05, 0) is 18.2 Å². The van der Waals surface area contributed by atoms with Crippen LogP contribution in [0.15, 0.2) is 18.2 Å². The Morgan fingerprint density at radius 1 is 1.40 bits per heavy atom. The zero-order valence-corrected chi connectivity index (χ0v) is 9.93. The Kier molecular flexibility index (Phi) is 3.43. The number of benzene rings is 1. The predicted octanol–water partition coefficient (Wildman–Crippen LogP) is 1.14. The van der Waals surface area contributed by atoms with Gasteiger partial charge in [-0.25, -0.2) is 0 Å². The van der Waals surface area contributed by atoms with Gasteiger partial charge in [0.1, 0.15) is 0 Å². The van der Waals surface area contributed by atoms with Gasteiger partial charge in [0.15, 0.2) is 0 Å². The molecule has 84 valence electrons. The van der Waals surface area contributed by atoms with Crippen molar-refractivity contribution in [3.63, 3.8) is 0 Å². The number of nitrogens with zero attached hydrogens (tertiary/aromatic N) is 1. The molecule has 0 saturated heterocycles. The first-order valence-electron chi connectivity index (χ1n) is 4.08. The Hall–Kier alpha value is -0.980. The van der Waals surface area contributed by atoms with Crippen LogP contribution in [0.1, 0.15) is 0 Å². The highest BCUT2D eigenvalue weighted by atomic mass is 35.5. The van der Waals surface area contributed by atoms with Crippen molar-refractivity contribution in [2.75, 3.05) is 24.6 Å². The van der Waals surface area contributed by atoms with E-state index in [9.17, 15) is 8.42 Å². The van der Waals surface area contributed by atoms with Gasteiger partial charge in [0.25, 0.3) is 0 Å². The molecule has 0 unspecified atom stereocenters. The summed E-state index contributed by atoms with van der Waals surface area (Å²) >= 11 is 5.68. The van der Waals surface area contributed by atoms with Gasteiger partial charge in [0.2, 0.25) is 0 Å². The molecule has 0 atom stereocenters. The number of halogens is 1. The highest BCUT2D eigenvalue weighted by Crippen LogP contribution is 2.23. The molecule has 7 heteroatoms. The van der Waals surface area contributed by atoms with Crippen LogP contribution in [0.25, 0.3) is 0 Å². The van der Waals surface area contributed by atoms with E-state index in [-0.39, 0.29) is 5.69 Å². The lowest BCUT2D eigenvalue weighted by Crippen LogP contribution is -2.29. The summed E-state index contributed by atoms with van der Waals surface area (Å²) in [6.45, 7) is 0. The molecule has 0 aliphatic heterocycles. The lowest BCUT2D eigenvalue weighted by atomic mass is 10.3. The molecule has 0 amide bonds.